The predicted octanol–water partition coefficient (Wildman–Crippen LogP) is 4.17. The number of pyridine rings is 2. The molecule has 0 spiro atoms. The van der Waals surface area contributed by atoms with Crippen molar-refractivity contribution in [2.75, 3.05) is 5.32 Å². The zero-order chi connectivity index (χ0) is 20.9. The Morgan fingerprint density at radius 2 is 2.13 bits per heavy atom. The summed E-state index contributed by atoms with van der Waals surface area (Å²) in [5.74, 6) is 0.702. The van der Waals surface area contributed by atoms with Gasteiger partial charge in [0.1, 0.15) is 5.52 Å². The highest BCUT2D eigenvalue weighted by atomic mass is 16.1. The van der Waals surface area contributed by atoms with Crippen LogP contribution >= 0.6 is 0 Å². The van der Waals surface area contributed by atoms with Crippen LogP contribution in [-0.4, -0.2) is 29.7 Å². The van der Waals surface area contributed by atoms with Gasteiger partial charge in [-0.1, -0.05) is 18.2 Å². The zero-order valence-electron chi connectivity index (χ0n) is 17.0. The van der Waals surface area contributed by atoms with Crippen LogP contribution in [-0.2, 0) is 0 Å². The lowest BCUT2D eigenvalue weighted by Gasteiger charge is -2.22. The van der Waals surface area contributed by atoms with Gasteiger partial charge in [-0.05, 0) is 42.8 Å². The fraction of sp³-hybridized carbons (Fsp3) is 0.217. The molecule has 6 rings (SSSR count). The third-order valence-corrected chi connectivity index (χ3v) is 5.97. The monoisotopic (exact) mass is 411 g/mol. The quantitative estimate of drug-likeness (QED) is 0.403. The van der Waals surface area contributed by atoms with E-state index in [-0.39, 0.29) is 17.6 Å². The number of benzene rings is 1. The minimum Gasteiger partial charge on any atom is -0.360 e. The molecule has 1 aromatic carbocycles. The third-order valence-electron chi connectivity index (χ3n) is 5.97. The molecule has 0 amide bonds. The Hall–Kier alpha value is -3.94. The number of aromatic nitrogens is 6. The van der Waals surface area contributed by atoms with E-state index in [4.69, 9.17) is 0 Å². The maximum Gasteiger partial charge on any atom is 0.259 e. The maximum absolute atomic E-state index is 13.7. The number of rotatable bonds is 5. The van der Waals surface area contributed by atoms with Crippen LogP contribution < -0.4 is 10.9 Å². The molecule has 154 valence electrons. The zero-order valence-corrected chi connectivity index (χ0v) is 17.0. The smallest absolute Gasteiger partial charge is 0.259 e. The Bertz CT molecular complexity index is 1460. The Labute approximate surface area is 177 Å². The van der Waals surface area contributed by atoms with Gasteiger partial charge in [-0.25, -0.2) is 9.97 Å². The van der Waals surface area contributed by atoms with Crippen molar-refractivity contribution in [3.63, 3.8) is 0 Å². The van der Waals surface area contributed by atoms with E-state index in [0.29, 0.717) is 5.82 Å². The summed E-state index contributed by atoms with van der Waals surface area (Å²) >= 11 is 0. The molecule has 4 aromatic heterocycles. The summed E-state index contributed by atoms with van der Waals surface area (Å²) in [5, 5.41) is 12.0. The van der Waals surface area contributed by atoms with Crippen LogP contribution in [0.2, 0.25) is 0 Å². The average Bonchev–Trinajstić information content (AvgIpc) is 3.25. The van der Waals surface area contributed by atoms with Crippen LogP contribution in [0.4, 0.5) is 5.82 Å². The van der Waals surface area contributed by atoms with Crippen molar-refractivity contribution < 1.29 is 0 Å². The van der Waals surface area contributed by atoms with Gasteiger partial charge in [0.15, 0.2) is 5.82 Å². The fourth-order valence-electron chi connectivity index (χ4n) is 4.33. The summed E-state index contributed by atoms with van der Waals surface area (Å²) in [7, 11) is 0. The molecule has 8 heteroatoms. The van der Waals surface area contributed by atoms with Crippen LogP contribution in [0.1, 0.15) is 37.5 Å². The summed E-state index contributed by atoms with van der Waals surface area (Å²) in [6, 6.07) is 10.1. The lowest BCUT2D eigenvalue weighted by atomic mass is 10.00. The number of aromatic amines is 2. The van der Waals surface area contributed by atoms with Crippen LogP contribution in [0.25, 0.3) is 32.9 Å². The number of nitrogens with zero attached hydrogens (tertiary/aromatic N) is 4. The summed E-state index contributed by atoms with van der Waals surface area (Å²) in [6.07, 6.45) is 9.03. The number of nitrogens with one attached hydrogen (secondary N) is 3. The van der Waals surface area contributed by atoms with Gasteiger partial charge in [-0.3, -0.25) is 9.89 Å². The van der Waals surface area contributed by atoms with Crippen molar-refractivity contribution in [2.24, 2.45) is 0 Å². The highest BCUT2D eigenvalue weighted by Gasteiger charge is 2.30. The van der Waals surface area contributed by atoms with Crippen molar-refractivity contribution in [3.05, 3.63) is 71.3 Å². The predicted molar refractivity (Wildman–Crippen MR) is 120 cm³/mol. The number of H-pyrrole nitrogens is 2. The van der Waals surface area contributed by atoms with E-state index >= 15 is 0 Å². The first kappa shape index (κ1) is 17.9. The molecule has 0 radical (unpaired) electrons. The van der Waals surface area contributed by atoms with Gasteiger partial charge in [-0.15, -0.1) is 0 Å². The van der Waals surface area contributed by atoms with Crippen molar-refractivity contribution >= 4 is 27.6 Å². The van der Waals surface area contributed by atoms with Crippen LogP contribution in [0.5, 0.6) is 0 Å². The second-order valence-corrected chi connectivity index (χ2v) is 8.06. The minimum absolute atomic E-state index is 0.0476. The lowest BCUT2D eigenvalue weighted by molar-refractivity contribution is 0.636. The minimum atomic E-state index is -0.120. The Morgan fingerprint density at radius 3 is 2.94 bits per heavy atom. The number of hydrogen-bond donors (Lipinski definition) is 3. The highest BCUT2D eigenvalue weighted by molar-refractivity contribution is 5.96. The van der Waals surface area contributed by atoms with Gasteiger partial charge in [0.2, 0.25) is 0 Å². The molecule has 1 atom stereocenters. The molecule has 1 saturated carbocycles. The largest absolute Gasteiger partial charge is 0.360 e. The van der Waals surface area contributed by atoms with Crippen molar-refractivity contribution in [1.29, 1.82) is 0 Å². The SMILES string of the molecule is C[C@@H](Nc1nccc2[nH]cnc12)c1cc2cccc(-c3cn[nH]c3)c2c(=O)n1C1CC1. The average molecular weight is 411 g/mol. The maximum atomic E-state index is 13.7. The second-order valence-electron chi connectivity index (χ2n) is 8.06. The van der Waals surface area contributed by atoms with E-state index in [1.54, 1.807) is 18.7 Å². The fourth-order valence-corrected chi connectivity index (χ4v) is 4.33. The number of hydrogen-bond acceptors (Lipinski definition) is 5. The molecule has 4 heterocycles. The van der Waals surface area contributed by atoms with E-state index in [9.17, 15) is 4.79 Å². The van der Waals surface area contributed by atoms with Crippen LogP contribution in [0.15, 0.2) is 60.0 Å². The Morgan fingerprint density at radius 1 is 1.23 bits per heavy atom. The number of anilines is 1. The standard InChI is InChI=1S/C23H21N7O/c1-13(29-22-21-18(7-8-24-22)25-12-26-21)19-9-14-3-2-4-17(15-10-27-28-11-15)20(14)23(31)30(19)16-5-6-16/h2-4,7-13,16H,5-6H2,1H3,(H,24,29)(H,25,26)(H,27,28)/t13-/m1/s1. The third kappa shape index (κ3) is 2.91. The van der Waals surface area contributed by atoms with Crippen molar-refractivity contribution in [2.45, 2.75) is 31.8 Å². The second kappa shape index (κ2) is 6.80. The first-order chi connectivity index (χ1) is 15.2. The molecule has 0 aliphatic heterocycles. The van der Waals surface area contributed by atoms with E-state index in [0.717, 1.165) is 51.5 Å². The van der Waals surface area contributed by atoms with Crippen molar-refractivity contribution in [3.8, 4) is 11.1 Å². The van der Waals surface area contributed by atoms with E-state index in [1.807, 2.05) is 35.0 Å². The van der Waals surface area contributed by atoms with E-state index in [2.05, 4.69) is 43.5 Å². The summed E-state index contributed by atoms with van der Waals surface area (Å²) < 4.78 is 1.97. The van der Waals surface area contributed by atoms with Gasteiger partial charge in [0.05, 0.1) is 29.5 Å². The Balaban J connectivity index is 1.51. The molecule has 0 unspecified atom stereocenters. The number of fused-ring (bicyclic) bond motifs is 2. The van der Waals surface area contributed by atoms with E-state index < -0.39 is 0 Å². The molecule has 1 fully saturated rings. The number of imidazole rings is 1. The molecule has 5 aromatic rings. The first-order valence-electron chi connectivity index (χ1n) is 10.4. The normalized spacial score (nSPS) is 14.9. The molecule has 31 heavy (non-hydrogen) atoms. The molecule has 0 saturated heterocycles. The summed E-state index contributed by atoms with van der Waals surface area (Å²) in [5.41, 5.74) is 4.54. The molecule has 3 N–H and O–H groups in total. The van der Waals surface area contributed by atoms with Gasteiger partial charge in [0.25, 0.3) is 5.56 Å². The molecule has 8 nitrogen and oxygen atoms in total. The van der Waals surface area contributed by atoms with Gasteiger partial charge in [-0.2, -0.15) is 5.10 Å². The highest BCUT2D eigenvalue weighted by Crippen LogP contribution is 2.38. The molecule has 1 aliphatic rings. The lowest BCUT2D eigenvalue weighted by Crippen LogP contribution is -2.26. The van der Waals surface area contributed by atoms with E-state index in [1.165, 1.54) is 0 Å². The summed E-state index contributed by atoms with van der Waals surface area (Å²) in [4.78, 5) is 25.7. The van der Waals surface area contributed by atoms with Gasteiger partial charge in [0, 0.05) is 29.7 Å². The topological polar surface area (TPSA) is 104 Å². The molecule has 0 bridgehead atoms. The molecular formula is C23H21N7O. The van der Waals surface area contributed by atoms with Crippen LogP contribution in [0.3, 0.4) is 0 Å². The van der Waals surface area contributed by atoms with Crippen molar-refractivity contribution in [1.82, 2.24) is 29.7 Å². The molecular weight excluding hydrogens is 390 g/mol. The Kier molecular flexibility index (Phi) is 3.92. The molecule has 1 aliphatic carbocycles. The van der Waals surface area contributed by atoms with Gasteiger partial charge < -0.3 is 14.9 Å². The van der Waals surface area contributed by atoms with Gasteiger partial charge >= 0.3 is 0 Å². The van der Waals surface area contributed by atoms with Crippen LogP contribution in [0, 0.1) is 0 Å². The summed E-state index contributed by atoms with van der Waals surface area (Å²) in [6.45, 7) is 2.06. The first-order valence-corrected chi connectivity index (χ1v) is 10.4.